The highest BCUT2D eigenvalue weighted by atomic mass is 19.1. The van der Waals surface area contributed by atoms with Crippen molar-refractivity contribution < 1.29 is 23.1 Å². The number of furan rings is 1. The first kappa shape index (κ1) is 19.3. The molecule has 0 saturated carbocycles. The molecule has 1 aromatic carbocycles. The molecule has 0 aliphatic carbocycles. The van der Waals surface area contributed by atoms with Crippen LogP contribution < -0.4 is 4.74 Å². The largest absolute Gasteiger partial charge is 0.492 e. The Morgan fingerprint density at radius 3 is 2.59 bits per heavy atom. The second-order valence-corrected chi connectivity index (χ2v) is 7.81. The number of carbonyl (C=O) groups excluding carboxylic acids is 1. The van der Waals surface area contributed by atoms with Crippen molar-refractivity contribution in [2.24, 2.45) is 5.92 Å². The van der Waals surface area contributed by atoms with E-state index in [2.05, 4.69) is 0 Å². The maximum absolute atomic E-state index is 14.3. The molecule has 1 aromatic heterocycles. The lowest BCUT2D eigenvalue weighted by Gasteiger charge is -2.33. The van der Waals surface area contributed by atoms with Gasteiger partial charge < -0.3 is 18.8 Å². The second-order valence-electron chi connectivity index (χ2n) is 7.81. The zero-order valence-corrected chi connectivity index (χ0v) is 16.0. The summed E-state index contributed by atoms with van der Waals surface area (Å²) in [5.41, 5.74) is -0.148. The average Bonchev–Trinajstić information content (AvgIpc) is 3.13. The maximum Gasteiger partial charge on any atom is 0.410 e. The van der Waals surface area contributed by atoms with Gasteiger partial charge >= 0.3 is 6.09 Å². The number of hydrogen-bond acceptors (Lipinski definition) is 4. The Hall–Kier alpha value is -2.50. The highest BCUT2D eigenvalue weighted by molar-refractivity contribution is 5.68. The Morgan fingerprint density at radius 1 is 1.22 bits per heavy atom. The van der Waals surface area contributed by atoms with E-state index in [1.807, 2.05) is 20.8 Å². The van der Waals surface area contributed by atoms with E-state index in [1.165, 1.54) is 12.3 Å². The van der Waals surface area contributed by atoms with Gasteiger partial charge in [-0.2, -0.15) is 0 Å². The second kappa shape index (κ2) is 8.03. The van der Waals surface area contributed by atoms with Crippen LogP contribution in [0, 0.1) is 11.7 Å². The number of likely N-dealkylation sites (tertiary alicyclic amines) is 1. The zero-order valence-electron chi connectivity index (χ0n) is 16.0. The highest BCUT2D eigenvalue weighted by Gasteiger charge is 2.27. The molecule has 0 atom stereocenters. The number of amides is 1. The highest BCUT2D eigenvalue weighted by Crippen LogP contribution is 2.33. The summed E-state index contributed by atoms with van der Waals surface area (Å²) in [7, 11) is 0. The fourth-order valence-electron chi connectivity index (χ4n) is 3.10. The van der Waals surface area contributed by atoms with Crippen molar-refractivity contribution >= 4 is 6.09 Å². The standard InChI is InChI=1S/C21H26FNO4/c1-21(2,3)27-20(24)23-11-9-15(10-12-23)14-26-18-7-4-6-16(22)19(18)17-8-5-13-25-17/h4-8,13,15H,9-12,14H2,1-3H3. The van der Waals surface area contributed by atoms with E-state index < -0.39 is 5.60 Å². The molecule has 3 rings (SSSR count). The van der Waals surface area contributed by atoms with Crippen molar-refractivity contribution in [3.05, 3.63) is 42.4 Å². The van der Waals surface area contributed by atoms with E-state index >= 15 is 0 Å². The van der Waals surface area contributed by atoms with Gasteiger partial charge in [0.2, 0.25) is 0 Å². The van der Waals surface area contributed by atoms with Crippen molar-refractivity contribution in [3.63, 3.8) is 0 Å². The van der Waals surface area contributed by atoms with Crippen molar-refractivity contribution in [3.8, 4) is 17.1 Å². The van der Waals surface area contributed by atoms with Crippen molar-refractivity contribution in [1.29, 1.82) is 0 Å². The Labute approximate surface area is 159 Å². The van der Waals surface area contributed by atoms with Gasteiger partial charge in [-0.3, -0.25) is 0 Å². The summed E-state index contributed by atoms with van der Waals surface area (Å²) in [6.07, 6.45) is 2.89. The van der Waals surface area contributed by atoms with E-state index in [4.69, 9.17) is 13.9 Å². The lowest BCUT2D eigenvalue weighted by Crippen LogP contribution is -2.42. The first-order valence-electron chi connectivity index (χ1n) is 9.26. The van der Waals surface area contributed by atoms with Gasteiger partial charge in [0.25, 0.3) is 0 Å². The summed E-state index contributed by atoms with van der Waals surface area (Å²) in [6.45, 7) is 7.33. The molecule has 2 heterocycles. The maximum atomic E-state index is 14.3. The number of halogens is 1. The molecule has 0 bridgehead atoms. The van der Waals surface area contributed by atoms with E-state index in [0.717, 1.165) is 12.8 Å². The van der Waals surface area contributed by atoms with E-state index in [0.29, 0.717) is 42.7 Å². The molecule has 1 fully saturated rings. The number of rotatable bonds is 4. The third-order valence-electron chi connectivity index (χ3n) is 4.48. The topological polar surface area (TPSA) is 51.9 Å². The molecule has 6 heteroatoms. The summed E-state index contributed by atoms with van der Waals surface area (Å²) < 4.78 is 30.9. The van der Waals surface area contributed by atoms with Crippen LogP contribution in [-0.2, 0) is 4.74 Å². The molecule has 1 amide bonds. The van der Waals surface area contributed by atoms with Crippen molar-refractivity contribution in [2.75, 3.05) is 19.7 Å². The van der Waals surface area contributed by atoms with E-state index in [9.17, 15) is 9.18 Å². The molecule has 1 aliphatic heterocycles. The number of ether oxygens (including phenoxy) is 2. The Kier molecular flexibility index (Phi) is 5.73. The van der Waals surface area contributed by atoms with Crippen molar-refractivity contribution in [1.82, 2.24) is 4.90 Å². The summed E-state index contributed by atoms with van der Waals surface area (Å²) in [6, 6.07) is 8.20. The Morgan fingerprint density at radius 2 is 1.96 bits per heavy atom. The van der Waals surface area contributed by atoms with Gasteiger partial charge in [0.05, 0.1) is 18.4 Å². The molecule has 1 aliphatic rings. The SMILES string of the molecule is CC(C)(C)OC(=O)N1CCC(COc2cccc(F)c2-c2ccco2)CC1. The number of carbonyl (C=O) groups is 1. The summed E-state index contributed by atoms with van der Waals surface area (Å²) >= 11 is 0. The first-order chi connectivity index (χ1) is 12.8. The number of piperidine rings is 1. The van der Waals surface area contributed by atoms with Crippen LogP contribution in [0.4, 0.5) is 9.18 Å². The van der Waals surface area contributed by atoms with Crippen LogP contribution >= 0.6 is 0 Å². The smallest absolute Gasteiger partial charge is 0.410 e. The van der Waals surface area contributed by atoms with Crippen LogP contribution in [0.1, 0.15) is 33.6 Å². The van der Waals surface area contributed by atoms with Crippen LogP contribution in [0.25, 0.3) is 11.3 Å². The minimum absolute atomic E-state index is 0.271. The predicted molar refractivity (Wildman–Crippen MR) is 100 cm³/mol. The average molecular weight is 375 g/mol. The van der Waals surface area contributed by atoms with Gasteiger partial charge in [-0.1, -0.05) is 6.07 Å². The molecule has 27 heavy (non-hydrogen) atoms. The Balaban J connectivity index is 1.56. The molecule has 0 N–H and O–H groups in total. The number of hydrogen-bond donors (Lipinski definition) is 0. The molecule has 0 radical (unpaired) electrons. The van der Waals surface area contributed by atoms with E-state index in [1.54, 1.807) is 29.2 Å². The van der Waals surface area contributed by atoms with E-state index in [-0.39, 0.29) is 11.9 Å². The molecule has 146 valence electrons. The Bertz CT molecular complexity index is 759. The van der Waals surface area contributed by atoms with Gasteiger partial charge in [-0.25, -0.2) is 9.18 Å². The third kappa shape index (κ3) is 5.02. The van der Waals surface area contributed by atoms with Crippen LogP contribution in [-0.4, -0.2) is 36.3 Å². The molecule has 1 saturated heterocycles. The molecular formula is C21H26FNO4. The van der Waals surface area contributed by atoms with Crippen molar-refractivity contribution in [2.45, 2.75) is 39.2 Å². The fourth-order valence-corrected chi connectivity index (χ4v) is 3.10. The van der Waals surface area contributed by atoms with Gasteiger partial charge in [0, 0.05) is 13.1 Å². The minimum Gasteiger partial charge on any atom is -0.492 e. The van der Waals surface area contributed by atoms with Crippen LogP contribution in [0.2, 0.25) is 0 Å². The lowest BCUT2D eigenvalue weighted by molar-refractivity contribution is 0.0165. The van der Waals surface area contributed by atoms with Crippen LogP contribution in [0.5, 0.6) is 5.75 Å². The van der Waals surface area contributed by atoms with Gasteiger partial charge in [-0.05, 0) is 63.8 Å². The summed E-state index contributed by atoms with van der Waals surface area (Å²) in [5, 5.41) is 0. The number of nitrogens with zero attached hydrogens (tertiary/aromatic N) is 1. The monoisotopic (exact) mass is 375 g/mol. The fraction of sp³-hybridized carbons (Fsp3) is 0.476. The number of benzene rings is 1. The molecule has 0 unspecified atom stereocenters. The molecular weight excluding hydrogens is 349 g/mol. The van der Waals surface area contributed by atoms with Crippen LogP contribution in [0.3, 0.4) is 0 Å². The molecule has 5 nitrogen and oxygen atoms in total. The van der Waals surface area contributed by atoms with Crippen LogP contribution in [0.15, 0.2) is 41.0 Å². The third-order valence-corrected chi connectivity index (χ3v) is 4.48. The molecule has 0 spiro atoms. The van der Waals surface area contributed by atoms with Gasteiger partial charge in [0.15, 0.2) is 0 Å². The first-order valence-corrected chi connectivity index (χ1v) is 9.26. The quantitative estimate of drug-likeness (QED) is 0.745. The zero-order chi connectivity index (χ0) is 19.4. The normalized spacial score (nSPS) is 15.6. The molecule has 2 aromatic rings. The minimum atomic E-state index is -0.489. The summed E-state index contributed by atoms with van der Waals surface area (Å²) in [4.78, 5) is 13.9. The summed E-state index contributed by atoms with van der Waals surface area (Å²) in [5.74, 6) is 0.848. The lowest BCUT2D eigenvalue weighted by atomic mass is 9.98. The van der Waals surface area contributed by atoms with Gasteiger partial charge in [-0.15, -0.1) is 0 Å². The van der Waals surface area contributed by atoms with Gasteiger partial charge in [0.1, 0.15) is 22.9 Å². The predicted octanol–water partition coefficient (Wildman–Crippen LogP) is 5.11.